The van der Waals surface area contributed by atoms with Crippen LogP contribution in [0.2, 0.25) is 0 Å². The van der Waals surface area contributed by atoms with Crippen molar-refractivity contribution in [1.29, 1.82) is 0 Å². The van der Waals surface area contributed by atoms with Crippen LogP contribution >= 0.6 is 15.9 Å². The summed E-state index contributed by atoms with van der Waals surface area (Å²) in [5.41, 5.74) is 7.06. The van der Waals surface area contributed by atoms with Crippen LogP contribution in [-0.2, 0) is 18.4 Å². The third-order valence-electron chi connectivity index (χ3n) is 2.10. The van der Waals surface area contributed by atoms with Gasteiger partial charge in [0.15, 0.2) is 0 Å². The van der Waals surface area contributed by atoms with Gasteiger partial charge in [-0.2, -0.15) is 5.10 Å². The van der Waals surface area contributed by atoms with Gasteiger partial charge in [-0.1, -0.05) is 0 Å². The van der Waals surface area contributed by atoms with E-state index in [1.165, 1.54) is 0 Å². The number of carbonyl (C=O) groups is 1. The maximum absolute atomic E-state index is 10.5. The fraction of sp³-hybridized carbons (Fsp3) is 0.556. The maximum Gasteiger partial charge on any atom is 0.218 e. The standard InChI is InChI=1S/C9H15BrN4O/c1-6-9(10)7(14(2)13-6)5-12-4-3-8(11)15/h12H,3-5H2,1-2H3,(H2,11,15). The van der Waals surface area contributed by atoms with E-state index in [1.807, 2.05) is 18.7 Å². The summed E-state index contributed by atoms with van der Waals surface area (Å²) in [6.45, 7) is 3.20. The summed E-state index contributed by atoms with van der Waals surface area (Å²) in [7, 11) is 1.89. The monoisotopic (exact) mass is 274 g/mol. The molecule has 0 aromatic carbocycles. The van der Waals surface area contributed by atoms with Crippen molar-refractivity contribution in [3.63, 3.8) is 0 Å². The summed E-state index contributed by atoms with van der Waals surface area (Å²) in [5, 5.41) is 7.40. The Hall–Kier alpha value is -0.880. The number of aromatic nitrogens is 2. The Kier molecular flexibility index (Phi) is 4.28. The molecule has 0 spiro atoms. The third-order valence-corrected chi connectivity index (χ3v) is 3.13. The van der Waals surface area contributed by atoms with Gasteiger partial charge in [-0.25, -0.2) is 0 Å². The number of hydrogen-bond donors (Lipinski definition) is 2. The molecule has 1 amide bonds. The van der Waals surface area contributed by atoms with Gasteiger partial charge in [0.25, 0.3) is 0 Å². The lowest BCUT2D eigenvalue weighted by Gasteiger charge is -2.04. The Morgan fingerprint density at radius 1 is 1.67 bits per heavy atom. The first-order valence-corrected chi connectivity index (χ1v) is 5.48. The zero-order chi connectivity index (χ0) is 11.4. The quantitative estimate of drug-likeness (QED) is 0.767. The fourth-order valence-corrected chi connectivity index (χ4v) is 1.77. The van der Waals surface area contributed by atoms with Crippen LogP contribution in [0, 0.1) is 6.92 Å². The molecule has 0 aliphatic heterocycles. The Labute approximate surface area is 97.1 Å². The summed E-state index contributed by atoms with van der Waals surface area (Å²) in [5.74, 6) is -0.289. The predicted octanol–water partition coefficient (Wildman–Crippen LogP) is 0.456. The maximum atomic E-state index is 10.5. The average molecular weight is 275 g/mol. The highest BCUT2D eigenvalue weighted by Crippen LogP contribution is 2.19. The molecule has 84 valence electrons. The number of amides is 1. The summed E-state index contributed by atoms with van der Waals surface area (Å²) >= 11 is 3.47. The molecular formula is C9H15BrN4O. The Morgan fingerprint density at radius 3 is 2.80 bits per heavy atom. The first-order chi connectivity index (χ1) is 7.02. The average Bonchev–Trinajstić information content (AvgIpc) is 2.37. The van der Waals surface area contributed by atoms with Crippen molar-refractivity contribution in [3.05, 3.63) is 15.9 Å². The van der Waals surface area contributed by atoms with Gasteiger partial charge < -0.3 is 11.1 Å². The number of halogens is 1. The van der Waals surface area contributed by atoms with Gasteiger partial charge >= 0.3 is 0 Å². The highest BCUT2D eigenvalue weighted by Gasteiger charge is 2.09. The van der Waals surface area contributed by atoms with Gasteiger partial charge in [0.2, 0.25) is 5.91 Å². The normalized spacial score (nSPS) is 10.6. The van der Waals surface area contributed by atoms with Crippen molar-refractivity contribution in [2.75, 3.05) is 6.54 Å². The molecule has 1 aromatic heterocycles. The molecule has 1 rings (SSSR count). The second-order valence-corrected chi connectivity index (χ2v) is 4.16. The van der Waals surface area contributed by atoms with Crippen molar-refractivity contribution in [1.82, 2.24) is 15.1 Å². The van der Waals surface area contributed by atoms with Gasteiger partial charge in [0.1, 0.15) is 0 Å². The van der Waals surface area contributed by atoms with Gasteiger partial charge in [0.05, 0.1) is 15.9 Å². The highest BCUT2D eigenvalue weighted by atomic mass is 79.9. The number of carbonyl (C=O) groups excluding carboxylic acids is 1. The summed E-state index contributed by atoms with van der Waals surface area (Å²) in [6, 6.07) is 0. The SMILES string of the molecule is Cc1nn(C)c(CNCCC(N)=O)c1Br. The molecule has 1 aromatic rings. The Balaban J connectivity index is 2.47. The first kappa shape index (κ1) is 12.2. The number of primary amides is 1. The molecule has 3 N–H and O–H groups in total. The molecule has 0 fully saturated rings. The van der Waals surface area contributed by atoms with E-state index in [2.05, 4.69) is 26.3 Å². The number of nitrogens with two attached hydrogens (primary N) is 1. The molecule has 0 saturated heterocycles. The molecular weight excluding hydrogens is 260 g/mol. The molecule has 0 atom stereocenters. The van der Waals surface area contributed by atoms with Crippen LogP contribution in [0.3, 0.4) is 0 Å². The van der Waals surface area contributed by atoms with E-state index in [4.69, 9.17) is 5.73 Å². The molecule has 6 heteroatoms. The summed E-state index contributed by atoms with van der Waals surface area (Å²) in [4.78, 5) is 10.5. The van der Waals surface area contributed by atoms with Crippen LogP contribution < -0.4 is 11.1 Å². The van der Waals surface area contributed by atoms with Gasteiger partial charge in [-0.15, -0.1) is 0 Å². The topological polar surface area (TPSA) is 72.9 Å². The fourth-order valence-electron chi connectivity index (χ4n) is 1.29. The molecule has 5 nitrogen and oxygen atoms in total. The van der Waals surface area contributed by atoms with Gasteiger partial charge in [-0.3, -0.25) is 9.48 Å². The lowest BCUT2D eigenvalue weighted by atomic mass is 10.3. The third kappa shape index (κ3) is 3.32. The summed E-state index contributed by atoms with van der Waals surface area (Å²) < 4.78 is 2.83. The number of aryl methyl sites for hydroxylation is 2. The van der Waals surface area contributed by atoms with E-state index < -0.39 is 0 Å². The Morgan fingerprint density at radius 2 is 2.33 bits per heavy atom. The molecule has 0 aliphatic rings. The largest absolute Gasteiger partial charge is 0.370 e. The van der Waals surface area contributed by atoms with Crippen LogP contribution in [0.1, 0.15) is 17.8 Å². The van der Waals surface area contributed by atoms with Crippen LogP contribution in [0.25, 0.3) is 0 Å². The zero-order valence-corrected chi connectivity index (χ0v) is 10.5. The minimum absolute atomic E-state index is 0.289. The number of nitrogens with zero attached hydrogens (tertiary/aromatic N) is 2. The van der Waals surface area contributed by atoms with Gasteiger partial charge in [-0.05, 0) is 22.9 Å². The molecule has 0 unspecified atom stereocenters. The number of hydrogen-bond acceptors (Lipinski definition) is 3. The van der Waals surface area contributed by atoms with E-state index in [0.29, 0.717) is 19.5 Å². The van der Waals surface area contributed by atoms with Crippen LogP contribution in [-0.4, -0.2) is 22.2 Å². The smallest absolute Gasteiger partial charge is 0.218 e. The van der Waals surface area contributed by atoms with E-state index in [9.17, 15) is 4.79 Å². The van der Waals surface area contributed by atoms with E-state index >= 15 is 0 Å². The molecule has 0 aliphatic carbocycles. The minimum Gasteiger partial charge on any atom is -0.370 e. The lowest BCUT2D eigenvalue weighted by Crippen LogP contribution is -2.22. The first-order valence-electron chi connectivity index (χ1n) is 4.69. The second-order valence-electron chi connectivity index (χ2n) is 3.36. The lowest BCUT2D eigenvalue weighted by molar-refractivity contribution is -0.117. The molecule has 0 bridgehead atoms. The second kappa shape index (κ2) is 5.27. The van der Waals surface area contributed by atoms with Crippen molar-refractivity contribution < 1.29 is 4.79 Å². The van der Waals surface area contributed by atoms with Crippen molar-refractivity contribution >= 4 is 21.8 Å². The van der Waals surface area contributed by atoms with Crippen molar-refractivity contribution in [2.24, 2.45) is 12.8 Å². The van der Waals surface area contributed by atoms with Crippen LogP contribution in [0.4, 0.5) is 0 Å². The molecule has 0 radical (unpaired) electrons. The van der Waals surface area contributed by atoms with Crippen molar-refractivity contribution in [2.45, 2.75) is 19.9 Å². The molecule has 15 heavy (non-hydrogen) atoms. The number of rotatable bonds is 5. The number of nitrogens with one attached hydrogen (secondary N) is 1. The van der Waals surface area contributed by atoms with E-state index in [0.717, 1.165) is 15.9 Å². The highest BCUT2D eigenvalue weighted by molar-refractivity contribution is 9.10. The van der Waals surface area contributed by atoms with Crippen LogP contribution in [0.5, 0.6) is 0 Å². The molecule has 0 saturated carbocycles. The van der Waals surface area contributed by atoms with E-state index in [-0.39, 0.29) is 5.91 Å². The zero-order valence-electron chi connectivity index (χ0n) is 8.88. The van der Waals surface area contributed by atoms with E-state index in [1.54, 1.807) is 0 Å². The van der Waals surface area contributed by atoms with Crippen molar-refractivity contribution in [3.8, 4) is 0 Å². The van der Waals surface area contributed by atoms with Gasteiger partial charge in [0, 0.05) is 26.6 Å². The minimum atomic E-state index is -0.289. The predicted molar refractivity (Wildman–Crippen MR) is 61.2 cm³/mol. The summed E-state index contributed by atoms with van der Waals surface area (Å²) in [6.07, 6.45) is 0.356. The molecule has 1 heterocycles. The Bertz CT molecular complexity index is 361. The van der Waals surface area contributed by atoms with Crippen LogP contribution in [0.15, 0.2) is 4.47 Å².